The number of aryl methyl sites for hydroxylation is 3. The Morgan fingerprint density at radius 2 is 1.62 bits per heavy atom. The normalized spacial score (nSPS) is 16.2. The van der Waals surface area contributed by atoms with Gasteiger partial charge in [-0.15, -0.1) is 0 Å². The highest BCUT2D eigenvalue weighted by molar-refractivity contribution is 7.80. The molecule has 0 unspecified atom stereocenters. The van der Waals surface area contributed by atoms with Crippen molar-refractivity contribution in [3.05, 3.63) is 70.0 Å². The molecule has 1 aliphatic heterocycles. The van der Waals surface area contributed by atoms with E-state index >= 15 is 0 Å². The average molecular weight is 368 g/mol. The summed E-state index contributed by atoms with van der Waals surface area (Å²) in [7, 11) is 0. The van der Waals surface area contributed by atoms with Gasteiger partial charge in [-0.3, -0.25) is 19.8 Å². The Balaban J connectivity index is 2.07. The lowest BCUT2D eigenvalue weighted by molar-refractivity contribution is -0.122. The van der Waals surface area contributed by atoms with Crippen LogP contribution in [0.3, 0.4) is 0 Å². The van der Waals surface area contributed by atoms with Crippen molar-refractivity contribution in [3.63, 3.8) is 0 Å². The first kappa shape index (κ1) is 17.9. The summed E-state index contributed by atoms with van der Waals surface area (Å²) in [5, 5.41) is 2.50. The predicted octanol–water partition coefficient (Wildman–Crippen LogP) is 3.58. The Labute approximate surface area is 156 Å². The lowest BCUT2D eigenvalue weighted by atomic mass is 9.97. The summed E-state index contributed by atoms with van der Waals surface area (Å²) in [5.41, 5.74) is 4.24. The van der Waals surface area contributed by atoms with Crippen LogP contribution in [0.1, 0.15) is 22.3 Å². The Morgan fingerprint density at radius 3 is 2.19 bits per heavy atom. The lowest BCUT2D eigenvalue weighted by Gasteiger charge is -2.29. The van der Waals surface area contributed by atoms with E-state index in [4.69, 9.17) is 12.2 Å². The number of hydrogen-bond donors (Lipinski definition) is 1. The highest BCUT2D eigenvalue weighted by Gasteiger charge is 2.34. The van der Waals surface area contributed by atoms with E-state index in [1.807, 2.05) is 32.9 Å². The standard InChI is InChI=1S/C20H17FN2O2S/c1-11-8-12(2)16(13(3)9-11)10-17-18(24)22-20(26)23(19(17)25)15-6-4-14(21)5-7-15/h4-10H,1-3H3,(H,22,24,26)/b17-10-. The minimum absolute atomic E-state index is 0.0158. The smallest absolute Gasteiger partial charge is 0.270 e. The van der Waals surface area contributed by atoms with Crippen LogP contribution >= 0.6 is 12.2 Å². The zero-order valence-corrected chi connectivity index (χ0v) is 15.4. The molecule has 3 rings (SSSR count). The molecule has 2 aromatic carbocycles. The number of nitrogens with zero attached hydrogens (tertiary/aromatic N) is 1. The van der Waals surface area contributed by atoms with Crippen molar-refractivity contribution in [3.8, 4) is 0 Å². The zero-order valence-electron chi connectivity index (χ0n) is 14.6. The first-order valence-electron chi connectivity index (χ1n) is 8.03. The summed E-state index contributed by atoms with van der Waals surface area (Å²) in [4.78, 5) is 26.5. The van der Waals surface area contributed by atoms with Gasteiger partial charge in [0.1, 0.15) is 11.4 Å². The molecule has 1 N–H and O–H groups in total. The van der Waals surface area contributed by atoms with Gasteiger partial charge >= 0.3 is 0 Å². The summed E-state index contributed by atoms with van der Waals surface area (Å²) < 4.78 is 13.2. The van der Waals surface area contributed by atoms with E-state index in [1.54, 1.807) is 6.08 Å². The fourth-order valence-corrected chi connectivity index (χ4v) is 3.33. The molecule has 1 fully saturated rings. The maximum atomic E-state index is 13.2. The molecule has 4 nitrogen and oxygen atoms in total. The number of halogens is 1. The Bertz CT molecular complexity index is 941. The molecular formula is C20H17FN2O2S. The van der Waals surface area contributed by atoms with Crippen LogP contribution in [0, 0.1) is 26.6 Å². The van der Waals surface area contributed by atoms with Gasteiger partial charge in [-0.2, -0.15) is 0 Å². The molecule has 6 heteroatoms. The van der Waals surface area contributed by atoms with Gasteiger partial charge in [-0.05, 0) is 80.0 Å². The SMILES string of the molecule is Cc1cc(C)c(/C=C2/C(=O)NC(=S)N(c3ccc(F)cc3)C2=O)c(C)c1. The third-order valence-corrected chi connectivity index (χ3v) is 4.50. The molecule has 0 aliphatic carbocycles. The van der Waals surface area contributed by atoms with Crippen LogP contribution in [-0.2, 0) is 9.59 Å². The molecule has 0 bridgehead atoms. The van der Waals surface area contributed by atoms with Gasteiger partial charge in [0, 0.05) is 0 Å². The summed E-state index contributed by atoms with van der Waals surface area (Å²) >= 11 is 5.13. The van der Waals surface area contributed by atoms with Gasteiger partial charge in [-0.1, -0.05) is 17.7 Å². The predicted molar refractivity (Wildman–Crippen MR) is 103 cm³/mol. The number of benzene rings is 2. The second-order valence-corrected chi connectivity index (χ2v) is 6.63. The molecule has 0 radical (unpaired) electrons. The van der Waals surface area contributed by atoms with E-state index in [1.165, 1.54) is 29.2 Å². The number of anilines is 1. The average Bonchev–Trinajstić information content (AvgIpc) is 2.54. The summed E-state index contributed by atoms with van der Waals surface area (Å²) in [6.45, 7) is 5.85. The molecule has 2 aromatic rings. The summed E-state index contributed by atoms with van der Waals surface area (Å²) in [6.07, 6.45) is 1.58. The second-order valence-electron chi connectivity index (χ2n) is 6.25. The van der Waals surface area contributed by atoms with Crippen molar-refractivity contribution in [1.29, 1.82) is 0 Å². The molecule has 1 heterocycles. The molecule has 0 atom stereocenters. The van der Waals surface area contributed by atoms with Crippen molar-refractivity contribution in [1.82, 2.24) is 5.32 Å². The van der Waals surface area contributed by atoms with Crippen molar-refractivity contribution >= 4 is 40.9 Å². The molecule has 1 aliphatic rings. The topological polar surface area (TPSA) is 49.4 Å². The number of amides is 2. The van der Waals surface area contributed by atoms with E-state index < -0.39 is 17.6 Å². The molecule has 0 aromatic heterocycles. The van der Waals surface area contributed by atoms with E-state index in [2.05, 4.69) is 5.32 Å². The highest BCUT2D eigenvalue weighted by atomic mass is 32.1. The number of rotatable bonds is 2. The van der Waals surface area contributed by atoms with Gasteiger partial charge < -0.3 is 0 Å². The van der Waals surface area contributed by atoms with Crippen molar-refractivity contribution in [2.75, 3.05) is 4.90 Å². The molecule has 0 spiro atoms. The fourth-order valence-electron chi connectivity index (χ4n) is 3.05. The summed E-state index contributed by atoms with van der Waals surface area (Å²) in [6, 6.07) is 9.34. The molecule has 0 saturated carbocycles. The monoisotopic (exact) mass is 368 g/mol. The van der Waals surface area contributed by atoms with Gasteiger partial charge in [0.05, 0.1) is 5.69 Å². The quantitative estimate of drug-likeness (QED) is 0.501. The fraction of sp³-hybridized carbons (Fsp3) is 0.150. The van der Waals surface area contributed by atoms with Crippen LogP contribution in [0.15, 0.2) is 42.0 Å². The first-order valence-corrected chi connectivity index (χ1v) is 8.43. The van der Waals surface area contributed by atoms with Crippen LogP contribution in [0.5, 0.6) is 0 Å². The van der Waals surface area contributed by atoms with Crippen LogP contribution in [0.25, 0.3) is 6.08 Å². The molecule has 26 heavy (non-hydrogen) atoms. The van der Waals surface area contributed by atoms with Crippen LogP contribution in [0.2, 0.25) is 0 Å². The molecule has 1 saturated heterocycles. The lowest BCUT2D eigenvalue weighted by Crippen LogP contribution is -2.54. The second kappa shape index (κ2) is 6.80. The van der Waals surface area contributed by atoms with Crippen molar-refractivity contribution in [2.24, 2.45) is 0 Å². The van der Waals surface area contributed by atoms with Crippen LogP contribution in [0.4, 0.5) is 10.1 Å². The minimum atomic E-state index is -0.544. The van der Waals surface area contributed by atoms with Gasteiger partial charge in [0.25, 0.3) is 11.8 Å². The van der Waals surface area contributed by atoms with E-state index in [9.17, 15) is 14.0 Å². The van der Waals surface area contributed by atoms with Crippen molar-refractivity contribution in [2.45, 2.75) is 20.8 Å². The highest BCUT2D eigenvalue weighted by Crippen LogP contribution is 2.25. The van der Waals surface area contributed by atoms with Gasteiger partial charge in [0.15, 0.2) is 5.11 Å². The van der Waals surface area contributed by atoms with E-state index in [-0.39, 0.29) is 10.7 Å². The minimum Gasteiger partial charge on any atom is -0.298 e. The maximum Gasteiger partial charge on any atom is 0.270 e. The molecular weight excluding hydrogens is 351 g/mol. The largest absolute Gasteiger partial charge is 0.298 e. The van der Waals surface area contributed by atoms with Crippen LogP contribution in [-0.4, -0.2) is 16.9 Å². The zero-order chi connectivity index (χ0) is 19.0. The number of hydrogen-bond acceptors (Lipinski definition) is 3. The Kier molecular flexibility index (Phi) is 4.70. The Hall–Kier alpha value is -2.86. The Morgan fingerprint density at radius 1 is 1.04 bits per heavy atom. The number of nitrogens with one attached hydrogen (secondary N) is 1. The van der Waals surface area contributed by atoms with Gasteiger partial charge in [-0.25, -0.2) is 4.39 Å². The van der Waals surface area contributed by atoms with Gasteiger partial charge in [0.2, 0.25) is 0 Å². The van der Waals surface area contributed by atoms with E-state index in [0.29, 0.717) is 5.69 Å². The van der Waals surface area contributed by atoms with E-state index in [0.717, 1.165) is 22.3 Å². The number of carbonyl (C=O) groups is 2. The van der Waals surface area contributed by atoms with Crippen LogP contribution < -0.4 is 10.2 Å². The molecule has 2 amide bonds. The van der Waals surface area contributed by atoms with Crippen molar-refractivity contribution < 1.29 is 14.0 Å². The number of thiocarbonyl (C=S) groups is 1. The third kappa shape index (κ3) is 3.28. The molecule has 132 valence electrons. The first-order chi connectivity index (χ1) is 12.3. The maximum absolute atomic E-state index is 13.2. The number of carbonyl (C=O) groups excluding carboxylic acids is 2. The third-order valence-electron chi connectivity index (χ3n) is 4.21. The summed E-state index contributed by atoms with van der Waals surface area (Å²) in [5.74, 6) is -1.50.